The van der Waals surface area contributed by atoms with Crippen molar-refractivity contribution in [1.29, 1.82) is 0 Å². The molecule has 0 heterocycles. The molecule has 0 fully saturated rings. The number of rotatable bonds is 6. The third kappa shape index (κ3) is 7.52. The summed E-state index contributed by atoms with van der Waals surface area (Å²) in [5, 5.41) is 5.57. The molecular formula is C20H21ClN4O3S. The minimum atomic E-state index is -0.456. The van der Waals surface area contributed by atoms with E-state index in [9.17, 15) is 14.4 Å². The molecule has 0 saturated heterocycles. The van der Waals surface area contributed by atoms with Crippen LogP contribution in [0.15, 0.2) is 48.5 Å². The van der Waals surface area contributed by atoms with Crippen LogP contribution in [0.4, 0.5) is 5.69 Å². The van der Waals surface area contributed by atoms with Gasteiger partial charge in [-0.15, -0.1) is 0 Å². The number of hydrogen-bond donors (Lipinski definition) is 4. The molecular weight excluding hydrogens is 412 g/mol. The number of nitrogens with one attached hydrogen (secondary N) is 4. The van der Waals surface area contributed by atoms with Crippen LogP contribution < -0.4 is 21.5 Å². The first kappa shape index (κ1) is 22.3. The molecule has 152 valence electrons. The molecule has 2 aromatic carbocycles. The quantitative estimate of drug-likeness (QED) is 0.414. The van der Waals surface area contributed by atoms with Crippen LogP contribution in [0.1, 0.15) is 46.9 Å². The SMILES string of the molecule is CCCCC(=O)Nc1ccc(C(=O)NNC(=S)NC(=O)c2cccc(Cl)c2)cc1. The fraction of sp³-hybridized carbons (Fsp3) is 0.200. The molecule has 2 aromatic rings. The van der Waals surface area contributed by atoms with Crippen LogP contribution in [-0.2, 0) is 4.79 Å². The first-order valence-corrected chi connectivity index (χ1v) is 9.75. The Morgan fingerprint density at radius 1 is 0.966 bits per heavy atom. The lowest BCUT2D eigenvalue weighted by Gasteiger charge is -2.11. The van der Waals surface area contributed by atoms with Crippen molar-refractivity contribution in [1.82, 2.24) is 16.2 Å². The van der Waals surface area contributed by atoms with Crippen LogP contribution in [0.5, 0.6) is 0 Å². The van der Waals surface area contributed by atoms with Crippen molar-refractivity contribution in [3.63, 3.8) is 0 Å². The normalized spacial score (nSPS) is 10.0. The lowest BCUT2D eigenvalue weighted by Crippen LogP contribution is -2.48. The minimum Gasteiger partial charge on any atom is -0.326 e. The van der Waals surface area contributed by atoms with Crippen LogP contribution in [0.2, 0.25) is 5.02 Å². The zero-order valence-corrected chi connectivity index (χ0v) is 17.3. The Morgan fingerprint density at radius 3 is 2.34 bits per heavy atom. The first-order valence-electron chi connectivity index (χ1n) is 8.96. The van der Waals surface area contributed by atoms with E-state index in [1.54, 1.807) is 42.5 Å². The fourth-order valence-corrected chi connectivity index (χ4v) is 2.62. The Hall–Kier alpha value is -2.97. The molecule has 0 spiro atoms. The number of carbonyl (C=O) groups excluding carboxylic acids is 3. The van der Waals surface area contributed by atoms with Gasteiger partial charge in [0.1, 0.15) is 0 Å². The van der Waals surface area contributed by atoms with E-state index < -0.39 is 11.8 Å². The molecule has 0 bridgehead atoms. The maximum atomic E-state index is 12.2. The maximum absolute atomic E-state index is 12.2. The smallest absolute Gasteiger partial charge is 0.269 e. The lowest BCUT2D eigenvalue weighted by molar-refractivity contribution is -0.116. The predicted octanol–water partition coefficient (Wildman–Crippen LogP) is 3.42. The standard InChI is InChI=1S/C20H21ClN4O3S/c1-2-3-7-17(26)22-16-10-8-13(9-11-16)19(28)24-25-20(29)23-18(27)14-5-4-6-15(21)12-14/h4-6,8-12H,2-3,7H2,1H3,(H,22,26)(H,24,28)(H2,23,25,27,29). The number of anilines is 1. The molecule has 0 saturated carbocycles. The summed E-state index contributed by atoms with van der Waals surface area (Å²) < 4.78 is 0. The number of unbranched alkanes of at least 4 members (excludes halogenated alkanes) is 1. The number of hydrazine groups is 1. The number of halogens is 1. The lowest BCUT2D eigenvalue weighted by atomic mass is 10.2. The Kier molecular flexibility index (Phi) is 8.57. The third-order valence-electron chi connectivity index (χ3n) is 3.79. The van der Waals surface area contributed by atoms with Gasteiger partial charge in [-0.2, -0.15) is 0 Å². The second-order valence-corrected chi connectivity index (χ2v) is 6.95. The molecule has 0 aromatic heterocycles. The summed E-state index contributed by atoms with van der Waals surface area (Å²) in [6.07, 6.45) is 2.23. The Balaban J connectivity index is 1.81. The van der Waals surface area contributed by atoms with Crippen LogP contribution in [0.25, 0.3) is 0 Å². The van der Waals surface area contributed by atoms with E-state index in [-0.39, 0.29) is 11.0 Å². The zero-order valence-electron chi connectivity index (χ0n) is 15.8. The van der Waals surface area contributed by atoms with E-state index in [1.165, 1.54) is 6.07 Å². The topological polar surface area (TPSA) is 99.3 Å². The van der Waals surface area contributed by atoms with Gasteiger partial charge < -0.3 is 5.32 Å². The zero-order chi connectivity index (χ0) is 21.2. The van der Waals surface area contributed by atoms with Crippen LogP contribution in [-0.4, -0.2) is 22.8 Å². The van der Waals surface area contributed by atoms with Crippen molar-refractivity contribution in [3.8, 4) is 0 Å². The first-order chi connectivity index (χ1) is 13.9. The molecule has 2 rings (SSSR count). The van der Waals surface area contributed by atoms with Gasteiger partial charge in [-0.1, -0.05) is 31.0 Å². The van der Waals surface area contributed by atoms with Gasteiger partial charge >= 0.3 is 0 Å². The van der Waals surface area contributed by atoms with Crippen LogP contribution in [0.3, 0.4) is 0 Å². The van der Waals surface area contributed by atoms with Crippen molar-refractivity contribution in [3.05, 3.63) is 64.7 Å². The number of amides is 3. The average Bonchev–Trinajstić information content (AvgIpc) is 2.71. The van der Waals surface area contributed by atoms with E-state index in [0.29, 0.717) is 28.3 Å². The number of carbonyl (C=O) groups is 3. The molecule has 0 atom stereocenters. The van der Waals surface area contributed by atoms with Crippen molar-refractivity contribution in [2.75, 3.05) is 5.32 Å². The van der Waals surface area contributed by atoms with Gasteiger partial charge in [0, 0.05) is 28.3 Å². The van der Waals surface area contributed by atoms with Gasteiger partial charge in [-0.25, -0.2) is 0 Å². The maximum Gasteiger partial charge on any atom is 0.269 e. The molecule has 0 aliphatic heterocycles. The van der Waals surface area contributed by atoms with Gasteiger partial charge in [0.2, 0.25) is 5.91 Å². The predicted molar refractivity (Wildman–Crippen MR) is 117 cm³/mol. The summed E-state index contributed by atoms with van der Waals surface area (Å²) in [7, 11) is 0. The molecule has 3 amide bonds. The molecule has 29 heavy (non-hydrogen) atoms. The van der Waals surface area contributed by atoms with E-state index in [1.807, 2.05) is 6.92 Å². The highest BCUT2D eigenvalue weighted by atomic mass is 35.5. The highest BCUT2D eigenvalue weighted by Gasteiger charge is 2.10. The molecule has 7 nitrogen and oxygen atoms in total. The summed E-state index contributed by atoms with van der Waals surface area (Å²) in [5.41, 5.74) is 6.16. The number of thiocarbonyl (C=S) groups is 1. The second-order valence-electron chi connectivity index (χ2n) is 6.10. The Bertz CT molecular complexity index is 903. The summed E-state index contributed by atoms with van der Waals surface area (Å²) in [6.45, 7) is 2.02. The van der Waals surface area contributed by atoms with Gasteiger partial charge in [-0.3, -0.25) is 30.6 Å². The van der Waals surface area contributed by atoms with Gasteiger partial charge in [-0.05, 0) is 61.1 Å². The van der Waals surface area contributed by atoms with Crippen LogP contribution >= 0.6 is 23.8 Å². The van der Waals surface area contributed by atoms with Gasteiger partial charge in [0.05, 0.1) is 0 Å². The summed E-state index contributed by atoms with van der Waals surface area (Å²) >= 11 is 10.8. The molecule has 4 N–H and O–H groups in total. The van der Waals surface area contributed by atoms with Crippen molar-refractivity contribution >= 4 is 52.3 Å². The van der Waals surface area contributed by atoms with Crippen molar-refractivity contribution < 1.29 is 14.4 Å². The van der Waals surface area contributed by atoms with E-state index in [2.05, 4.69) is 21.5 Å². The highest BCUT2D eigenvalue weighted by Crippen LogP contribution is 2.11. The van der Waals surface area contributed by atoms with E-state index in [4.69, 9.17) is 23.8 Å². The number of benzene rings is 2. The second kappa shape index (κ2) is 11.1. The summed E-state index contributed by atoms with van der Waals surface area (Å²) in [6, 6.07) is 12.8. The van der Waals surface area contributed by atoms with Crippen LogP contribution in [0, 0.1) is 0 Å². The third-order valence-corrected chi connectivity index (χ3v) is 4.23. The van der Waals surface area contributed by atoms with Gasteiger partial charge in [0.15, 0.2) is 5.11 Å². The molecule has 0 radical (unpaired) electrons. The molecule has 0 aliphatic carbocycles. The minimum absolute atomic E-state index is 0.0634. The summed E-state index contributed by atoms with van der Waals surface area (Å²) in [5.74, 6) is -0.970. The number of hydrogen-bond acceptors (Lipinski definition) is 4. The van der Waals surface area contributed by atoms with Crippen molar-refractivity contribution in [2.24, 2.45) is 0 Å². The van der Waals surface area contributed by atoms with Crippen molar-refractivity contribution in [2.45, 2.75) is 26.2 Å². The Morgan fingerprint density at radius 2 is 1.69 bits per heavy atom. The highest BCUT2D eigenvalue weighted by molar-refractivity contribution is 7.80. The van der Waals surface area contributed by atoms with E-state index in [0.717, 1.165) is 12.8 Å². The monoisotopic (exact) mass is 432 g/mol. The Labute approximate surface area is 179 Å². The van der Waals surface area contributed by atoms with Gasteiger partial charge in [0.25, 0.3) is 11.8 Å². The summed E-state index contributed by atoms with van der Waals surface area (Å²) in [4.78, 5) is 36.0. The molecule has 0 unspecified atom stereocenters. The van der Waals surface area contributed by atoms with E-state index >= 15 is 0 Å². The fourth-order valence-electron chi connectivity index (χ4n) is 2.29. The largest absolute Gasteiger partial charge is 0.326 e. The molecule has 9 heteroatoms. The average molecular weight is 433 g/mol. The molecule has 0 aliphatic rings.